The van der Waals surface area contributed by atoms with Gasteiger partial charge in [-0.1, -0.05) is 0 Å². The van der Waals surface area contributed by atoms with Crippen LogP contribution >= 0.6 is 0 Å². The van der Waals surface area contributed by atoms with Gasteiger partial charge in [0.05, 0.1) is 17.1 Å². The lowest BCUT2D eigenvalue weighted by atomic mass is 10.1. The van der Waals surface area contributed by atoms with E-state index in [0.29, 0.717) is 19.5 Å². The minimum atomic E-state index is -1.18. The SMILES string of the molecule is CCN(CC)C(=O)/C(C#N)=C/c1cc(OC(=O)OCC2CCC(C)O2)c(O)c([N+](=O)[O-])c1. The highest BCUT2D eigenvalue weighted by molar-refractivity contribution is 6.01. The molecule has 1 saturated heterocycles. The number of nitro groups is 1. The van der Waals surface area contributed by atoms with Crippen LogP contribution in [0.15, 0.2) is 17.7 Å². The zero-order valence-corrected chi connectivity index (χ0v) is 18.1. The maximum absolute atomic E-state index is 12.5. The van der Waals surface area contributed by atoms with Crippen molar-refractivity contribution in [1.29, 1.82) is 5.26 Å². The van der Waals surface area contributed by atoms with E-state index in [1.54, 1.807) is 19.9 Å². The fourth-order valence-corrected chi connectivity index (χ4v) is 3.19. The highest BCUT2D eigenvalue weighted by Crippen LogP contribution is 2.38. The van der Waals surface area contributed by atoms with Gasteiger partial charge in [-0.15, -0.1) is 0 Å². The van der Waals surface area contributed by atoms with Crippen LogP contribution < -0.4 is 4.74 Å². The van der Waals surface area contributed by atoms with E-state index in [4.69, 9.17) is 14.2 Å². The standard InChI is InChI=1S/C21H25N3O8/c1-4-23(5-2)20(26)15(11-22)8-14-9-17(24(28)29)19(25)18(10-14)32-21(27)30-12-16-7-6-13(3)31-16/h8-10,13,16,25H,4-7,12H2,1-3H3/b15-8+. The number of rotatable bonds is 8. The summed E-state index contributed by atoms with van der Waals surface area (Å²) in [6.45, 7) is 6.06. The number of ether oxygens (including phenoxy) is 3. The first-order valence-electron chi connectivity index (χ1n) is 10.1. The van der Waals surface area contributed by atoms with Gasteiger partial charge in [-0.05, 0) is 51.3 Å². The number of aromatic hydroxyl groups is 1. The second kappa shape index (κ2) is 11.1. The summed E-state index contributed by atoms with van der Waals surface area (Å²) >= 11 is 0. The Hall–Kier alpha value is -3.65. The predicted molar refractivity (Wildman–Crippen MR) is 112 cm³/mol. The number of phenolic OH excluding ortho intramolecular Hbond substituents is 1. The van der Waals surface area contributed by atoms with E-state index in [9.17, 15) is 30.1 Å². The van der Waals surface area contributed by atoms with Crippen molar-refractivity contribution in [1.82, 2.24) is 4.90 Å². The first kappa shape index (κ1) is 24.6. The molecule has 32 heavy (non-hydrogen) atoms. The minimum absolute atomic E-state index is 0.0160. The Morgan fingerprint density at radius 2 is 2.06 bits per heavy atom. The summed E-state index contributed by atoms with van der Waals surface area (Å²) < 4.78 is 15.5. The fourth-order valence-electron chi connectivity index (χ4n) is 3.19. The number of benzene rings is 1. The van der Waals surface area contributed by atoms with E-state index in [1.807, 2.05) is 6.92 Å². The monoisotopic (exact) mass is 447 g/mol. The molecule has 172 valence electrons. The number of phenols is 1. The Balaban J connectivity index is 2.28. The average Bonchev–Trinajstić information content (AvgIpc) is 3.18. The van der Waals surface area contributed by atoms with E-state index in [-0.39, 0.29) is 30.0 Å². The molecule has 1 fully saturated rings. The third kappa shape index (κ3) is 6.18. The van der Waals surface area contributed by atoms with Gasteiger partial charge < -0.3 is 24.2 Å². The molecule has 0 radical (unpaired) electrons. The molecule has 0 spiro atoms. The number of hydrogen-bond donors (Lipinski definition) is 1. The van der Waals surface area contributed by atoms with E-state index in [2.05, 4.69) is 0 Å². The number of likely N-dealkylation sites (N-methyl/N-ethyl adjacent to an activating group) is 1. The topological polar surface area (TPSA) is 152 Å². The van der Waals surface area contributed by atoms with Crippen molar-refractivity contribution < 1.29 is 33.8 Å². The molecule has 1 aliphatic rings. The maximum Gasteiger partial charge on any atom is 0.514 e. The molecule has 1 aromatic carbocycles. The summed E-state index contributed by atoms with van der Waals surface area (Å²) in [5, 5.41) is 30.9. The summed E-state index contributed by atoms with van der Waals surface area (Å²) in [5.74, 6) is -1.98. The van der Waals surface area contributed by atoms with E-state index < -0.39 is 34.2 Å². The molecule has 1 aliphatic heterocycles. The van der Waals surface area contributed by atoms with Crippen LogP contribution in [0.25, 0.3) is 6.08 Å². The zero-order chi connectivity index (χ0) is 23.8. The summed E-state index contributed by atoms with van der Waals surface area (Å²) in [4.78, 5) is 36.4. The third-order valence-corrected chi connectivity index (χ3v) is 4.89. The number of nitrogens with zero attached hydrogens (tertiary/aromatic N) is 3. The number of carbonyl (C=O) groups excluding carboxylic acids is 2. The van der Waals surface area contributed by atoms with Gasteiger partial charge in [0.15, 0.2) is 5.75 Å². The van der Waals surface area contributed by atoms with E-state index >= 15 is 0 Å². The molecule has 0 aliphatic carbocycles. The van der Waals surface area contributed by atoms with Crippen LogP contribution in [0.1, 0.15) is 39.2 Å². The molecule has 1 amide bonds. The minimum Gasteiger partial charge on any atom is -0.499 e. The third-order valence-electron chi connectivity index (χ3n) is 4.89. The molecule has 0 saturated carbocycles. The van der Waals surface area contributed by atoms with Crippen LogP contribution in [-0.2, 0) is 14.3 Å². The normalized spacial score (nSPS) is 18.0. The smallest absolute Gasteiger partial charge is 0.499 e. The summed E-state index contributed by atoms with van der Waals surface area (Å²) in [5.41, 5.74) is -1.01. The van der Waals surface area contributed by atoms with E-state index in [1.165, 1.54) is 4.90 Å². The molecule has 2 unspecified atom stereocenters. The zero-order valence-electron chi connectivity index (χ0n) is 18.1. The van der Waals surface area contributed by atoms with Crippen molar-refractivity contribution in [2.75, 3.05) is 19.7 Å². The Labute approximate surface area is 184 Å². The molecule has 11 heteroatoms. The highest BCUT2D eigenvalue weighted by atomic mass is 16.7. The van der Waals surface area contributed by atoms with Gasteiger partial charge in [0.2, 0.25) is 5.75 Å². The largest absolute Gasteiger partial charge is 0.514 e. The van der Waals surface area contributed by atoms with Crippen LogP contribution in [0.4, 0.5) is 10.5 Å². The molecular formula is C21H25N3O8. The average molecular weight is 447 g/mol. The highest BCUT2D eigenvalue weighted by Gasteiger charge is 2.26. The van der Waals surface area contributed by atoms with Crippen molar-refractivity contribution in [3.8, 4) is 17.6 Å². The second-order valence-electron chi connectivity index (χ2n) is 7.10. The van der Waals surface area contributed by atoms with Gasteiger partial charge in [0, 0.05) is 19.2 Å². The fraction of sp³-hybridized carbons (Fsp3) is 0.476. The second-order valence-corrected chi connectivity index (χ2v) is 7.10. The number of amides is 1. The van der Waals surface area contributed by atoms with Crippen molar-refractivity contribution in [3.05, 3.63) is 33.4 Å². The van der Waals surface area contributed by atoms with Crippen LogP contribution in [0, 0.1) is 21.4 Å². The summed E-state index contributed by atoms with van der Waals surface area (Å²) in [6, 6.07) is 3.84. The Morgan fingerprint density at radius 1 is 1.38 bits per heavy atom. The molecule has 2 atom stereocenters. The molecular weight excluding hydrogens is 422 g/mol. The van der Waals surface area contributed by atoms with Crippen LogP contribution in [-0.4, -0.2) is 58.9 Å². The van der Waals surface area contributed by atoms with Gasteiger partial charge in [0.1, 0.15) is 18.2 Å². The van der Waals surface area contributed by atoms with Gasteiger partial charge in [-0.25, -0.2) is 4.79 Å². The number of carbonyl (C=O) groups is 2. The van der Waals surface area contributed by atoms with Crippen molar-refractivity contribution in [3.63, 3.8) is 0 Å². The quantitative estimate of drug-likeness (QED) is 0.158. The van der Waals surface area contributed by atoms with Crippen LogP contribution in [0.5, 0.6) is 11.5 Å². The Kier molecular flexibility index (Phi) is 8.54. The Bertz CT molecular complexity index is 949. The first-order valence-corrected chi connectivity index (χ1v) is 10.1. The molecule has 11 nitrogen and oxygen atoms in total. The van der Waals surface area contributed by atoms with Crippen molar-refractivity contribution in [2.45, 2.75) is 45.8 Å². The van der Waals surface area contributed by atoms with Gasteiger partial charge in [-0.2, -0.15) is 5.26 Å². The predicted octanol–water partition coefficient (Wildman–Crippen LogP) is 3.16. The maximum atomic E-state index is 12.5. The van der Waals surface area contributed by atoms with Gasteiger partial charge in [0.25, 0.3) is 5.91 Å². The first-order chi connectivity index (χ1) is 15.2. The molecule has 1 N–H and O–H groups in total. The molecule has 2 rings (SSSR count). The summed E-state index contributed by atoms with van der Waals surface area (Å²) in [7, 11) is 0. The number of nitriles is 1. The lowest BCUT2D eigenvalue weighted by Crippen LogP contribution is -2.31. The summed E-state index contributed by atoms with van der Waals surface area (Å²) in [6.07, 6.45) is 1.26. The lowest BCUT2D eigenvalue weighted by molar-refractivity contribution is -0.385. The number of hydrogen-bond acceptors (Lipinski definition) is 9. The van der Waals surface area contributed by atoms with Crippen molar-refractivity contribution >= 4 is 23.8 Å². The molecule has 0 bridgehead atoms. The molecule has 0 aromatic heterocycles. The van der Waals surface area contributed by atoms with E-state index in [0.717, 1.165) is 24.6 Å². The number of nitro benzene ring substituents is 1. The van der Waals surface area contributed by atoms with Gasteiger partial charge in [-0.3, -0.25) is 14.9 Å². The molecule has 1 aromatic rings. The van der Waals surface area contributed by atoms with Gasteiger partial charge >= 0.3 is 11.8 Å². The van der Waals surface area contributed by atoms with Crippen LogP contribution in [0.3, 0.4) is 0 Å². The van der Waals surface area contributed by atoms with Crippen molar-refractivity contribution in [2.24, 2.45) is 0 Å². The Morgan fingerprint density at radius 3 is 2.59 bits per heavy atom. The lowest BCUT2D eigenvalue weighted by Gasteiger charge is -2.17. The van der Waals surface area contributed by atoms with Crippen LogP contribution in [0.2, 0.25) is 0 Å². The molecule has 1 heterocycles.